The zero-order valence-corrected chi connectivity index (χ0v) is 20.0. The molecule has 0 radical (unpaired) electrons. The van der Waals surface area contributed by atoms with Crippen molar-refractivity contribution in [2.24, 2.45) is 11.7 Å². The predicted molar refractivity (Wildman–Crippen MR) is 133 cm³/mol. The van der Waals surface area contributed by atoms with Crippen molar-refractivity contribution < 1.29 is 0 Å². The van der Waals surface area contributed by atoms with Gasteiger partial charge < -0.3 is 15.6 Å². The molecule has 1 atom stereocenters. The number of anilines is 1. The molecule has 0 amide bonds. The lowest BCUT2D eigenvalue weighted by molar-refractivity contribution is 0.253. The van der Waals surface area contributed by atoms with Gasteiger partial charge in [-0.1, -0.05) is 13.8 Å². The minimum absolute atomic E-state index is 0.0462. The third kappa shape index (κ3) is 5.50. The van der Waals surface area contributed by atoms with Gasteiger partial charge in [-0.25, -0.2) is 4.98 Å². The molecule has 3 heterocycles. The Hall–Kier alpha value is -2.40. The highest BCUT2D eigenvalue weighted by atomic mass is 32.1. The average molecular weight is 451 g/mol. The molecule has 3 N–H and O–H groups in total. The van der Waals surface area contributed by atoms with Crippen LogP contribution < -0.4 is 10.6 Å². The van der Waals surface area contributed by atoms with Crippen LogP contribution in [0.1, 0.15) is 56.0 Å². The molecule has 1 fully saturated rings. The minimum atomic E-state index is 0.0462. The van der Waals surface area contributed by atoms with Crippen LogP contribution in [0.5, 0.6) is 0 Å². The highest BCUT2D eigenvalue weighted by molar-refractivity contribution is 7.13. The Morgan fingerprint density at radius 3 is 2.78 bits per heavy atom. The zero-order valence-electron chi connectivity index (χ0n) is 19.2. The van der Waals surface area contributed by atoms with Gasteiger partial charge in [0.05, 0.1) is 17.3 Å². The molecule has 6 nitrogen and oxygen atoms in total. The fourth-order valence-electron chi connectivity index (χ4n) is 4.49. The van der Waals surface area contributed by atoms with E-state index in [2.05, 4.69) is 46.3 Å². The number of benzene rings is 1. The SMILES string of the molecule is CC(C)CC(N)c1csc(N2CCN(CCCCc3c[nH]c4ccc(C#N)cc34)CC2)n1. The molecule has 7 heteroatoms. The lowest BCUT2D eigenvalue weighted by Gasteiger charge is -2.34. The number of hydrogen-bond donors (Lipinski definition) is 2. The number of hydrogen-bond acceptors (Lipinski definition) is 6. The maximum Gasteiger partial charge on any atom is 0.185 e. The van der Waals surface area contributed by atoms with Crippen LogP contribution in [0.2, 0.25) is 0 Å². The third-order valence-electron chi connectivity index (χ3n) is 6.32. The normalized spacial score (nSPS) is 16.0. The van der Waals surface area contributed by atoms with Crippen molar-refractivity contribution in [2.75, 3.05) is 37.6 Å². The first-order valence-corrected chi connectivity index (χ1v) is 12.6. The molecule has 0 spiro atoms. The van der Waals surface area contributed by atoms with Gasteiger partial charge in [-0.3, -0.25) is 4.90 Å². The van der Waals surface area contributed by atoms with Gasteiger partial charge in [-0.05, 0) is 61.9 Å². The number of fused-ring (bicyclic) bond motifs is 1. The van der Waals surface area contributed by atoms with Crippen molar-refractivity contribution in [3.63, 3.8) is 0 Å². The summed E-state index contributed by atoms with van der Waals surface area (Å²) in [5.74, 6) is 0.588. The summed E-state index contributed by atoms with van der Waals surface area (Å²) >= 11 is 1.73. The highest BCUT2D eigenvalue weighted by Crippen LogP contribution is 2.27. The van der Waals surface area contributed by atoms with E-state index in [0.29, 0.717) is 5.92 Å². The van der Waals surface area contributed by atoms with E-state index in [1.165, 1.54) is 17.4 Å². The number of nitrogens with two attached hydrogens (primary N) is 1. The van der Waals surface area contributed by atoms with E-state index in [1.54, 1.807) is 11.3 Å². The summed E-state index contributed by atoms with van der Waals surface area (Å²) in [6.45, 7) is 9.80. The summed E-state index contributed by atoms with van der Waals surface area (Å²) in [5, 5.41) is 13.6. The average Bonchev–Trinajstić information content (AvgIpc) is 3.44. The first kappa shape index (κ1) is 22.8. The van der Waals surface area contributed by atoms with Crippen molar-refractivity contribution in [1.82, 2.24) is 14.9 Å². The van der Waals surface area contributed by atoms with Crippen molar-refractivity contribution in [1.29, 1.82) is 5.26 Å². The number of rotatable bonds is 9. The van der Waals surface area contributed by atoms with Crippen LogP contribution in [-0.4, -0.2) is 47.6 Å². The second-order valence-electron chi connectivity index (χ2n) is 9.26. The largest absolute Gasteiger partial charge is 0.361 e. The third-order valence-corrected chi connectivity index (χ3v) is 7.24. The Labute approximate surface area is 195 Å². The highest BCUT2D eigenvalue weighted by Gasteiger charge is 2.20. The molecule has 3 aromatic rings. The number of H-pyrrole nitrogens is 1. The molecular formula is C25H34N6S. The van der Waals surface area contributed by atoms with E-state index in [0.717, 1.165) is 73.9 Å². The quantitative estimate of drug-likeness (QED) is 0.462. The minimum Gasteiger partial charge on any atom is -0.361 e. The maximum atomic E-state index is 9.15. The van der Waals surface area contributed by atoms with Gasteiger partial charge >= 0.3 is 0 Å². The number of piperazine rings is 1. The topological polar surface area (TPSA) is 85.0 Å². The summed E-state index contributed by atoms with van der Waals surface area (Å²) in [6.07, 6.45) is 6.48. The maximum absolute atomic E-state index is 9.15. The molecule has 0 bridgehead atoms. The molecule has 1 aliphatic rings. The van der Waals surface area contributed by atoms with Crippen LogP contribution in [0, 0.1) is 17.2 Å². The number of aromatic amines is 1. The molecule has 1 aromatic carbocycles. The van der Waals surface area contributed by atoms with Gasteiger partial charge in [0.15, 0.2) is 5.13 Å². The number of unbranched alkanes of at least 4 members (excludes halogenated alkanes) is 1. The molecule has 0 aliphatic carbocycles. The lowest BCUT2D eigenvalue weighted by atomic mass is 10.0. The molecule has 1 aliphatic heterocycles. The predicted octanol–water partition coefficient (Wildman–Crippen LogP) is 4.69. The van der Waals surface area contributed by atoms with E-state index >= 15 is 0 Å². The molecule has 1 unspecified atom stereocenters. The van der Waals surface area contributed by atoms with Gasteiger partial charge in [0.25, 0.3) is 0 Å². The second-order valence-corrected chi connectivity index (χ2v) is 10.1. The fraction of sp³-hybridized carbons (Fsp3) is 0.520. The number of nitriles is 1. The van der Waals surface area contributed by atoms with Crippen molar-refractivity contribution >= 4 is 27.4 Å². The van der Waals surface area contributed by atoms with Gasteiger partial charge in [0, 0.05) is 54.7 Å². The number of thiazole rings is 1. The van der Waals surface area contributed by atoms with E-state index in [1.807, 2.05) is 18.2 Å². The molecule has 4 rings (SSSR count). The van der Waals surface area contributed by atoms with E-state index in [-0.39, 0.29) is 6.04 Å². The Bertz CT molecular complexity index is 1050. The van der Waals surface area contributed by atoms with Gasteiger partial charge in [-0.15, -0.1) is 11.3 Å². The summed E-state index contributed by atoms with van der Waals surface area (Å²) < 4.78 is 0. The summed E-state index contributed by atoms with van der Waals surface area (Å²) in [6, 6.07) is 8.16. The van der Waals surface area contributed by atoms with Crippen molar-refractivity contribution in [3.8, 4) is 6.07 Å². The van der Waals surface area contributed by atoms with Crippen molar-refractivity contribution in [2.45, 2.75) is 45.6 Å². The molecule has 1 saturated heterocycles. The fourth-order valence-corrected chi connectivity index (χ4v) is 5.43. The molecule has 2 aromatic heterocycles. The monoisotopic (exact) mass is 450 g/mol. The van der Waals surface area contributed by atoms with Crippen molar-refractivity contribution in [3.05, 3.63) is 46.6 Å². The number of aryl methyl sites for hydroxylation is 1. The Morgan fingerprint density at radius 1 is 1.22 bits per heavy atom. The first-order chi connectivity index (χ1) is 15.5. The molecule has 0 saturated carbocycles. The van der Waals surface area contributed by atoms with E-state index in [9.17, 15) is 0 Å². The van der Waals surface area contributed by atoms with Crippen LogP contribution >= 0.6 is 11.3 Å². The molecular weight excluding hydrogens is 416 g/mol. The van der Waals surface area contributed by atoms with Gasteiger partial charge in [0.1, 0.15) is 0 Å². The van der Waals surface area contributed by atoms with Crippen LogP contribution in [0.3, 0.4) is 0 Å². The zero-order chi connectivity index (χ0) is 22.5. The second kappa shape index (κ2) is 10.5. The Morgan fingerprint density at radius 2 is 2.03 bits per heavy atom. The summed E-state index contributed by atoms with van der Waals surface area (Å²) in [4.78, 5) is 13.1. The smallest absolute Gasteiger partial charge is 0.185 e. The van der Waals surface area contributed by atoms with E-state index < -0.39 is 0 Å². The Balaban J connectivity index is 1.20. The summed E-state index contributed by atoms with van der Waals surface area (Å²) in [5.41, 5.74) is 10.5. The molecule has 170 valence electrons. The standard InChI is InChI=1S/C25H34N6S/c1-18(2)13-22(27)24-17-32-25(29-24)31-11-9-30(10-12-31)8-4-3-5-20-16-28-23-7-6-19(15-26)14-21(20)23/h6-7,14,16-18,22,28H,3-5,8-13,27H2,1-2H3. The van der Waals surface area contributed by atoms with Crippen LogP contribution in [0.25, 0.3) is 10.9 Å². The van der Waals surface area contributed by atoms with Crippen LogP contribution in [0.4, 0.5) is 5.13 Å². The summed E-state index contributed by atoms with van der Waals surface area (Å²) in [7, 11) is 0. The van der Waals surface area contributed by atoms with Crippen LogP contribution in [0.15, 0.2) is 29.8 Å². The lowest BCUT2D eigenvalue weighted by Crippen LogP contribution is -2.46. The number of nitrogens with one attached hydrogen (secondary N) is 1. The van der Waals surface area contributed by atoms with Crippen LogP contribution in [-0.2, 0) is 6.42 Å². The number of nitrogens with zero attached hydrogens (tertiary/aromatic N) is 4. The van der Waals surface area contributed by atoms with Gasteiger partial charge in [-0.2, -0.15) is 5.26 Å². The Kier molecular flexibility index (Phi) is 7.46. The molecule has 32 heavy (non-hydrogen) atoms. The van der Waals surface area contributed by atoms with E-state index in [4.69, 9.17) is 16.0 Å². The number of aromatic nitrogens is 2. The van der Waals surface area contributed by atoms with Gasteiger partial charge in [0.2, 0.25) is 0 Å². The first-order valence-electron chi connectivity index (χ1n) is 11.7.